The fourth-order valence-electron chi connectivity index (χ4n) is 1.04. The molecule has 0 aromatic heterocycles. The Morgan fingerprint density at radius 1 is 1.50 bits per heavy atom. The first-order valence-corrected chi connectivity index (χ1v) is 3.88. The molecular formula is C8H17NO. The van der Waals surface area contributed by atoms with Crippen LogP contribution in [0.2, 0.25) is 0 Å². The zero-order chi connectivity index (χ0) is 7.98. The number of hydrogen-bond acceptors (Lipinski definition) is 2. The van der Waals surface area contributed by atoms with Gasteiger partial charge in [0, 0.05) is 5.92 Å². The van der Waals surface area contributed by atoms with E-state index in [0.717, 1.165) is 19.3 Å². The first-order chi connectivity index (χ1) is 4.76. The van der Waals surface area contributed by atoms with Crippen LogP contribution in [0, 0.1) is 11.3 Å². The highest BCUT2D eigenvalue weighted by Gasteiger charge is 2.10. The van der Waals surface area contributed by atoms with Crippen LogP contribution in [-0.2, 0) is 4.74 Å². The molecule has 0 saturated carbocycles. The molecule has 0 bridgehead atoms. The third kappa shape index (κ3) is 2.85. The summed E-state index contributed by atoms with van der Waals surface area (Å²) in [6.07, 6.45) is 3.22. The van der Waals surface area contributed by atoms with E-state index in [-0.39, 0.29) is 0 Å². The van der Waals surface area contributed by atoms with Crippen molar-refractivity contribution in [3.63, 3.8) is 0 Å². The van der Waals surface area contributed by atoms with Crippen molar-refractivity contribution in [2.45, 2.75) is 33.1 Å². The first kappa shape index (κ1) is 9.47. The molecule has 0 amide bonds. The van der Waals surface area contributed by atoms with Gasteiger partial charge in [-0.25, -0.2) is 0 Å². The second-order valence-corrected chi connectivity index (χ2v) is 2.46. The van der Waals surface area contributed by atoms with E-state index in [0.29, 0.717) is 11.8 Å². The van der Waals surface area contributed by atoms with Crippen LogP contribution in [0.15, 0.2) is 0 Å². The van der Waals surface area contributed by atoms with Crippen LogP contribution in [0.3, 0.4) is 0 Å². The topological polar surface area (TPSA) is 33.1 Å². The standard InChI is InChI=1S/C8H17NO/c1-4-6-7(5-2)8(9)10-3/h7,9H,4-6H2,1-3H3/t7-/m1/s1. The Kier molecular flexibility index (Phi) is 4.99. The molecule has 1 N–H and O–H groups in total. The van der Waals surface area contributed by atoms with Gasteiger partial charge in [-0.05, 0) is 12.8 Å². The van der Waals surface area contributed by atoms with E-state index in [2.05, 4.69) is 13.8 Å². The Balaban J connectivity index is 3.68. The molecule has 2 heteroatoms. The molecule has 0 heterocycles. The molecule has 0 saturated heterocycles. The Morgan fingerprint density at radius 2 is 2.10 bits per heavy atom. The SMILES string of the molecule is CCC[C@@H](CC)C(=N)OC. The Labute approximate surface area is 63.1 Å². The molecule has 0 rings (SSSR count). The van der Waals surface area contributed by atoms with E-state index in [4.69, 9.17) is 10.1 Å². The van der Waals surface area contributed by atoms with Crippen molar-refractivity contribution in [3.8, 4) is 0 Å². The summed E-state index contributed by atoms with van der Waals surface area (Å²) in [6, 6.07) is 0. The summed E-state index contributed by atoms with van der Waals surface area (Å²) in [4.78, 5) is 0. The molecule has 0 aliphatic heterocycles. The third-order valence-corrected chi connectivity index (χ3v) is 1.72. The monoisotopic (exact) mass is 143 g/mol. The van der Waals surface area contributed by atoms with Crippen molar-refractivity contribution in [2.24, 2.45) is 5.92 Å². The van der Waals surface area contributed by atoms with Crippen LogP contribution in [0.5, 0.6) is 0 Å². The molecular weight excluding hydrogens is 126 g/mol. The van der Waals surface area contributed by atoms with Gasteiger partial charge in [0.05, 0.1) is 7.11 Å². The minimum atomic E-state index is 0.343. The van der Waals surface area contributed by atoms with Gasteiger partial charge >= 0.3 is 0 Å². The van der Waals surface area contributed by atoms with Crippen LogP contribution >= 0.6 is 0 Å². The summed E-state index contributed by atoms with van der Waals surface area (Å²) in [5, 5.41) is 7.38. The molecule has 0 aliphatic carbocycles. The van der Waals surface area contributed by atoms with E-state index >= 15 is 0 Å². The van der Waals surface area contributed by atoms with Gasteiger partial charge in [0.25, 0.3) is 0 Å². The highest BCUT2D eigenvalue weighted by atomic mass is 16.5. The van der Waals surface area contributed by atoms with Crippen LogP contribution in [0.25, 0.3) is 0 Å². The Bertz CT molecular complexity index is 101. The molecule has 0 aromatic rings. The molecule has 0 aromatic carbocycles. The second kappa shape index (κ2) is 5.27. The van der Waals surface area contributed by atoms with Gasteiger partial charge in [0.1, 0.15) is 0 Å². The summed E-state index contributed by atoms with van der Waals surface area (Å²) in [7, 11) is 1.57. The molecule has 2 nitrogen and oxygen atoms in total. The molecule has 10 heavy (non-hydrogen) atoms. The summed E-state index contributed by atoms with van der Waals surface area (Å²) in [6.45, 7) is 4.22. The van der Waals surface area contributed by atoms with Crippen molar-refractivity contribution in [3.05, 3.63) is 0 Å². The molecule has 0 aliphatic rings. The lowest BCUT2D eigenvalue weighted by molar-refractivity contribution is 0.350. The molecule has 0 fully saturated rings. The van der Waals surface area contributed by atoms with Gasteiger partial charge in [0.15, 0.2) is 5.90 Å². The van der Waals surface area contributed by atoms with Gasteiger partial charge in [-0.3, -0.25) is 5.41 Å². The molecule has 0 spiro atoms. The van der Waals surface area contributed by atoms with Crippen LogP contribution in [0.4, 0.5) is 0 Å². The van der Waals surface area contributed by atoms with E-state index in [1.807, 2.05) is 0 Å². The Hall–Kier alpha value is -0.530. The maximum Gasteiger partial charge on any atom is 0.183 e. The molecule has 60 valence electrons. The van der Waals surface area contributed by atoms with Crippen molar-refractivity contribution in [2.75, 3.05) is 7.11 Å². The molecule has 1 atom stereocenters. The van der Waals surface area contributed by atoms with Gasteiger partial charge in [-0.1, -0.05) is 20.3 Å². The predicted molar refractivity (Wildman–Crippen MR) is 43.4 cm³/mol. The van der Waals surface area contributed by atoms with Crippen molar-refractivity contribution >= 4 is 5.90 Å². The highest BCUT2D eigenvalue weighted by Crippen LogP contribution is 2.11. The third-order valence-electron chi connectivity index (χ3n) is 1.72. The number of methoxy groups -OCH3 is 1. The van der Waals surface area contributed by atoms with E-state index in [9.17, 15) is 0 Å². The molecule has 0 radical (unpaired) electrons. The van der Waals surface area contributed by atoms with Gasteiger partial charge < -0.3 is 4.74 Å². The lowest BCUT2D eigenvalue weighted by Crippen LogP contribution is -2.13. The first-order valence-electron chi connectivity index (χ1n) is 3.88. The van der Waals surface area contributed by atoms with E-state index in [1.165, 1.54) is 0 Å². The predicted octanol–water partition coefficient (Wildman–Crippen LogP) is 2.44. The summed E-state index contributed by atoms with van der Waals surface area (Å²) in [5.74, 6) is 0.777. The summed E-state index contributed by atoms with van der Waals surface area (Å²) in [5.41, 5.74) is 0. The number of ether oxygens (including phenoxy) is 1. The maximum atomic E-state index is 7.38. The zero-order valence-corrected chi connectivity index (χ0v) is 7.11. The normalized spacial score (nSPS) is 12.7. The zero-order valence-electron chi connectivity index (χ0n) is 7.11. The minimum Gasteiger partial charge on any atom is -0.484 e. The van der Waals surface area contributed by atoms with Crippen molar-refractivity contribution in [1.29, 1.82) is 5.41 Å². The van der Waals surface area contributed by atoms with Crippen molar-refractivity contribution in [1.82, 2.24) is 0 Å². The minimum absolute atomic E-state index is 0.343. The highest BCUT2D eigenvalue weighted by molar-refractivity contribution is 5.75. The number of rotatable bonds is 4. The van der Waals surface area contributed by atoms with E-state index < -0.39 is 0 Å². The van der Waals surface area contributed by atoms with E-state index in [1.54, 1.807) is 7.11 Å². The second-order valence-electron chi connectivity index (χ2n) is 2.46. The average molecular weight is 143 g/mol. The van der Waals surface area contributed by atoms with Crippen LogP contribution < -0.4 is 0 Å². The van der Waals surface area contributed by atoms with Crippen molar-refractivity contribution < 1.29 is 4.74 Å². The van der Waals surface area contributed by atoms with Gasteiger partial charge in [-0.2, -0.15) is 0 Å². The largest absolute Gasteiger partial charge is 0.484 e. The number of hydrogen-bond donors (Lipinski definition) is 1. The maximum absolute atomic E-state index is 7.38. The smallest absolute Gasteiger partial charge is 0.183 e. The number of nitrogens with one attached hydrogen (secondary N) is 1. The summed E-state index contributed by atoms with van der Waals surface area (Å²) < 4.78 is 4.84. The summed E-state index contributed by atoms with van der Waals surface area (Å²) >= 11 is 0. The quantitative estimate of drug-likeness (QED) is 0.476. The fraction of sp³-hybridized carbons (Fsp3) is 0.875. The Morgan fingerprint density at radius 3 is 2.40 bits per heavy atom. The van der Waals surface area contributed by atoms with Crippen LogP contribution in [-0.4, -0.2) is 13.0 Å². The molecule has 0 unspecified atom stereocenters. The van der Waals surface area contributed by atoms with Gasteiger partial charge in [-0.15, -0.1) is 0 Å². The average Bonchev–Trinajstić information content (AvgIpc) is 1.99. The van der Waals surface area contributed by atoms with Crippen LogP contribution in [0.1, 0.15) is 33.1 Å². The lowest BCUT2D eigenvalue weighted by Gasteiger charge is -2.12. The fourth-order valence-corrected chi connectivity index (χ4v) is 1.04. The van der Waals surface area contributed by atoms with Gasteiger partial charge in [0.2, 0.25) is 0 Å². The lowest BCUT2D eigenvalue weighted by atomic mass is 10.0.